The molecule has 1 heterocycles. The fourth-order valence-corrected chi connectivity index (χ4v) is 2.25. The van der Waals surface area contributed by atoms with Crippen molar-refractivity contribution < 1.29 is 0 Å². The summed E-state index contributed by atoms with van der Waals surface area (Å²) >= 11 is 6.00. The molecule has 1 atom stereocenters. The van der Waals surface area contributed by atoms with E-state index < -0.39 is 0 Å². The van der Waals surface area contributed by atoms with E-state index in [0.717, 1.165) is 24.4 Å². The summed E-state index contributed by atoms with van der Waals surface area (Å²) < 4.78 is 2.24. The van der Waals surface area contributed by atoms with Gasteiger partial charge in [0.05, 0.1) is 0 Å². The summed E-state index contributed by atoms with van der Waals surface area (Å²) in [6.07, 6.45) is 4.02. The maximum atomic E-state index is 6.02. The Labute approximate surface area is 113 Å². The summed E-state index contributed by atoms with van der Waals surface area (Å²) in [5.74, 6) is 0. The van der Waals surface area contributed by atoms with Gasteiger partial charge in [-0.15, -0.1) is 0 Å². The third-order valence-electron chi connectivity index (χ3n) is 3.16. The highest BCUT2D eigenvalue weighted by Gasteiger charge is 2.06. The van der Waals surface area contributed by atoms with Crippen LogP contribution in [0, 0.1) is 0 Å². The number of aromatic nitrogens is 1. The highest BCUT2D eigenvalue weighted by Crippen LogP contribution is 2.14. The maximum Gasteiger partial charge on any atom is 0.0473 e. The van der Waals surface area contributed by atoms with Crippen molar-refractivity contribution >= 4 is 11.6 Å². The van der Waals surface area contributed by atoms with Gasteiger partial charge in [0.25, 0.3) is 0 Å². The molecule has 0 aliphatic carbocycles. The van der Waals surface area contributed by atoms with Crippen LogP contribution in [-0.4, -0.2) is 10.6 Å². The van der Waals surface area contributed by atoms with Gasteiger partial charge in [-0.1, -0.05) is 30.7 Å². The highest BCUT2D eigenvalue weighted by atomic mass is 35.5. The quantitative estimate of drug-likeness (QED) is 0.879. The van der Waals surface area contributed by atoms with Crippen molar-refractivity contribution in [3.05, 3.63) is 58.9 Å². The molecule has 0 radical (unpaired) electrons. The normalized spacial score (nSPS) is 12.6. The predicted molar refractivity (Wildman–Crippen MR) is 77.0 cm³/mol. The molecular formula is C15H19ClN2. The molecule has 2 nitrogen and oxygen atoms in total. The zero-order valence-corrected chi connectivity index (χ0v) is 11.4. The van der Waals surface area contributed by atoms with Crippen LogP contribution in [0.2, 0.25) is 5.02 Å². The molecule has 2 N–H and O–H groups in total. The monoisotopic (exact) mass is 262 g/mol. The Morgan fingerprint density at radius 3 is 2.83 bits per heavy atom. The summed E-state index contributed by atoms with van der Waals surface area (Å²) in [6, 6.07) is 12.4. The first-order chi connectivity index (χ1) is 8.69. The van der Waals surface area contributed by atoms with Crippen LogP contribution in [0.25, 0.3) is 0 Å². The summed E-state index contributed by atoms with van der Waals surface area (Å²) in [7, 11) is 0. The standard InChI is InChI=1S/C15H19ClN2/c1-2-14(17)10-15-7-4-8-18(15)11-12-5-3-6-13(16)9-12/h3-9,14H,2,10-11,17H2,1H3. The Kier molecular flexibility index (Phi) is 4.45. The zero-order chi connectivity index (χ0) is 13.0. The first-order valence-electron chi connectivity index (χ1n) is 6.33. The van der Waals surface area contributed by atoms with Crippen molar-refractivity contribution in [3.8, 4) is 0 Å². The van der Waals surface area contributed by atoms with Gasteiger partial charge in [0.15, 0.2) is 0 Å². The van der Waals surface area contributed by atoms with Gasteiger partial charge in [-0.25, -0.2) is 0 Å². The van der Waals surface area contributed by atoms with E-state index in [-0.39, 0.29) is 6.04 Å². The Hall–Kier alpha value is -1.25. The molecule has 18 heavy (non-hydrogen) atoms. The molecule has 0 fully saturated rings. The second kappa shape index (κ2) is 6.07. The molecule has 2 aromatic rings. The second-order valence-electron chi connectivity index (χ2n) is 4.63. The molecular weight excluding hydrogens is 244 g/mol. The third-order valence-corrected chi connectivity index (χ3v) is 3.40. The number of benzene rings is 1. The number of hydrogen-bond donors (Lipinski definition) is 1. The van der Waals surface area contributed by atoms with E-state index in [9.17, 15) is 0 Å². The lowest BCUT2D eigenvalue weighted by atomic mass is 10.1. The molecule has 0 saturated heterocycles. The first-order valence-corrected chi connectivity index (χ1v) is 6.71. The zero-order valence-electron chi connectivity index (χ0n) is 10.6. The minimum absolute atomic E-state index is 0.234. The van der Waals surface area contributed by atoms with Gasteiger partial charge >= 0.3 is 0 Å². The maximum absolute atomic E-state index is 6.02. The molecule has 1 aromatic heterocycles. The van der Waals surface area contributed by atoms with E-state index in [2.05, 4.69) is 35.9 Å². The minimum atomic E-state index is 0.234. The second-order valence-corrected chi connectivity index (χ2v) is 5.07. The van der Waals surface area contributed by atoms with Gasteiger partial charge < -0.3 is 10.3 Å². The van der Waals surface area contributed by atoms with Crippen LogP contribution in [0.5, 0.6) is 0 Å². The largest absolute Gasteiger partial charge is 0.347 e. The van der Waals surface area contributed by atoms with E-state index in [1.807, 2.05) is 18.2 Å². The van der Waals surface area contributed by atoms with Gasteiger partial charge in [-0.3, -0.25) is 0 Å². The molecule has 1 aromatic carbocycles. The molecule has 0 saturated carbocycles. The van der Waals surface area contributed by atoms with E-state index in [4.69, 9.17) is 17.3 Å². The topological polar surface area (TPSA) is 30.9 Å². The van der Waals surface area contributed by atoms with Crippen LogP contribution >= 0.6 is 11.6 Å². The molecule has 96 valence electrons. The van der Waals surface area contributed by atoms with Crippen LogP contribution in [0.3, 0.4) is 0 Å². The van der Waals surface area contributed by atoms with Crippen LogP contribution in [0.15, 0.2) is 42.6 Å². The van der Waals surface area contributed by atoms with Crippen LogP contribution in [0.1, 0.15) is 24.6 Å². The predicted octanol–water partition coefficient (Wildman–Crippen LogP) is 3.47. The third kappa shape index (κ3) is 3.37. The Bertz CT molecular complexity index is 505. The molecule has 0 amide bonds. The van der Waals surface area contributed by atoms with Gasteiger partial charge in [-0.2, -0.15) is 0 Å². The van der Waals surface area contributed by atoms with Crippen molar-refractivity contribution in [2.75, 3.05) is 0 Å². The summed E-state index contributed by atoms with van der Waals surface area (Å²) in [5.41, 5.74) is 8.51. The number of hydrogen-bond acceptors (Lipinski definition) is 1. The van der Waals surface area contributed by atoms with Crippen molar-refractivity contribution in [1.82, 2.24) is 4.57 Å². The summed E-state index contributed by atoms with van der Waals surface area (Å²) in [4.78, 5) is 0. The highest BCUT2D eigenvalue weighted by molar-refractivity contribution is 6.30. The first kappa shape index (κ1) is 13.2. The fourth-order valence-electron chi connectivity index (χ4n) is 2.03. The lowest BCUT2D eigenvalue weighted by Crippen LogP contribution is -2.23. The fraction of sp³-hybridized carbons (Fsp3) is 0.333. The Morgan fingerprint density at radius 1 is 1.28 bits per heavy atom. The summed E-state index contributed by atoms with van der Waals surface area (Å²) in [5, 5.41) is 0.784. The minimum Gasteiger partial charge on any atom is -0.347 e. The van der Waals surface area contributed by atoms with Crippen molar-refractivity contribution in [1.29, 1.82) is 0 Å². The van der Waals surface area contributed by atoms with E-state index in [0.29, 0.717) is 0 Å². The summed E-state index contributed by atoms with van der Waals surface area (Å²) in [6.45, 7) is 2.97. The van der Waals surface area contributed by atoms with E-state index >= 15 is 0 Å². The van der Waals surface area contributed by atoms with Gasteiger partial charge in [-0.05, 0) is 36.2 Å². The van der Waals surface area contributed by atoms with Gasteiger partial charge in [0.2, 0.25) is 0 Å². The lowest BCUT2D eigenvalue weighted by molar-refractivity contribution is 0.610. The molecule has 0 aliphatic rings. The molecule has 3 heteroatoms. The van der Waals surface area contributed by atoms with E-state index in [1.54, 1.807) is 0 Å². The van der Waals surface area contributed by atoms with Crippen LogP contribution < -0.4 is 5.73 Å². The average Bonchev–Trinajstić information content (AvgIpc) is 2.76. The number of halogens is 1. The van der Waals surface area contributed by atoms with Crippen molar-refractivity contribution in [3.63, 3.8) is 0 Å². The van der Waals surface area contributed by atoms with Crippen LogP contribution in [-0.2, 0) is 13.0 Å². The Balaban J connectivity index is 2.12. The van der Waals surface area contributed by atoms with Crippen LogP contribution in [0.4, 0.5) is 0 Å². The average molecular weight is 263 g/mol. The van der Waals surface area contributed by atoms with Gasteiger partial charge in [0, 0.05) is 35.9 Å². The van der Waals surface area contributed by atoms with E-state index in [1.165, 1.54) is 11.3 Å². The SMILES string of the molecule is CCC(N)Cc1cccn1Cc1cccc(Cl)c1. The lowest BCUT2D eigenvalue weighted by Gasteiger charge is -2.13. The molecule has 2 rings (SSSR count). The van der Waals surface area contributed by atoms with Crippen molar-refractivity contribution in [2.24, 2.45) is 5.73 Å². The van der Waals surface area contributed by atoms with Crippen molar-refractivity contribution in [2.45, 2.75) is 32.4 Å². The smallest absolute Gasteiger partial charge is 0.0473 e. The van der Waals surface area contributed by atoms with Gasteiger partial charge in [0.1, 0.15) is 0 Å². The molecule has 0 spiro atoms. The molecule has 0 bridgehead atoms. The number of rotatable bonds is 5. The Morgan fingerprint density at radius 2 is 2.11 bits per heavy atom. The number of nitrogens with two attached hydrogens (primary N) is 1. The molecule has 1 unspecified atom stereocenters. The number of nitrogens with zero attached hydrogens (tertiary/aromatic N) is 1. The molecule has 0 aliphatic heterocycles.